The molecule has 0 aliphatic rings. The second-order valence-corrected chi connectivity index (χ2v) is 9.99. The maximum absolute atomic E-state index is 13.1. The Kier molecular flexibility index (Phi) is 9.09. The number of sulfonamides is 1. The Labute approximate surface area is 195 Å². The van der Waals surface area contributed by atoms with E-state index in [1.807, 2.05) is 25.1 Å². The van der Waals surface area contributed by atoms with Gasteiger partial charge in [0.25, 0.3) is 0 Å². The predicted octanol–water partition coefficient (Wildman–Crippen LogP) is 3.36. The lowest BCUT2D eigenvalue weighted by Crippen LogP contribution is -2.46. The van der Waals surface area contributed by atoms with Gasteiger partial charge >= 0.3 is 0 Å². The molecule has 0 fully saturated rings. The number of carbonyl (C=O) groups is 2. The van der Waals surface area contributed by atoms with Crippen LogP contribution in [0.2, 0.25) is 5.02 Å². The van der Waals surface area contributed by atoms with E-state index in [-0.39, 0.29) is 31.3 Å². The summed E-state index contributed by atoms with van der Waals surface area (Å²) in [4.78, 5) is 26.8. The zero-order valence-electron chi connectivity index (χ0n) is 18.8. The van der Waals surface area contributed by atoms with Crippen molar-refractivity contribution in [3.8, 4) is 0 Å². The molecule has 174 valence electrons. The topological polar surface area (TPSA) is 86.8 Å². The number of nitrogens with zero attached hydrogens (tertiary/aromatic N) is 2. The van der Waals surface area contributed by atoms with Crippen molar-refractivity contribution in [1.29, 1.82) is 0 Å². The number of nitrogens with one attached hydrogen (secondary N) is 1. The van der Waals surface area contributed by atoms with E-state index in [0.717, 1.165) is 17.4 Å². The molecule has 1 atom stereocenters. The highest BCUT2D eigenvalue weighted by atomic mass is 35.5. The summed E-state index contributed by atoms with van der Waals surface area (Å²) >= 11 is 6.26. The molecule has 2 aromatic rings. The molecule has 0 aromatic heterocycles. The fourth-order valence-corrected chi connectivity index (χ4v) is 4.54. The first-order valence-corrected chi connectivity index (χ1v) is 12.6. The number of likely N-dealkylation sites (N-methyl/N-ethyl adjacent to an activating group) is 1. The molecular formula is C23H30ClN3O4S. The van der Waals surface area contributed by atoms with Gasteiger partial charge in [0.15, 0.2) is 0 Å². The second-order valence-electron chi connectivity index (χ2n) is 7.68. The summed E-state index contributed by atoms with van der Waals surface area (Å²) < 4.78 is 26.0. The minimum Gasteiger partial charge on any atom is -0.357 e. The maximum atomic E-state index is 13.1. The summed E-state index contributed by atoms with van der Waals surface area (Å²) in [5, 5.41) is 3.08. The van der Waals surface area contributed by atoms with Gasteiger partial charge in [-0.1, -0.05) is 41.9 Å². The van der Waals surface area contributed by atoms with E-state index in [4.69, 9.17) is 11.6 Å². The minimum atomic E-state index is -3.51. The molecule has 7 nitrogen and oxygen atoms in total. The van der Waals surface area contributed by atoms with Gasteiger partial charge in [0.2, 0.25) is 21.8 Å². The molecule has 0 aliphatic heterocycles. The summed E-state index contributed by atoms with van der Waals surface area (Å²) in [5.41, 5.74) is 2.24. The largest absolute Gasteiger partial charge is 0.357 e. The average molecular weight is 480 g/mol. The van der Waals surface area contributed by atoms with Crippen molar-refractivity contribution >= 4 is 39.1 Å². The van der Waals surface area contributed by atoms with Gasteiger partial charge < -0.3 is 10.2 Å². The van der Waals surface area contributed by atoms with E-state index in [2.05, 4.69) is 5.32 Å². The highest BCUT2D eigenvalue weighted by molar-refractivity contribution is 7.92. The van der Waals surface area contributed by atoms with Gasteiger partial charge in [0, 0.05) is 31.6 Å². The Bertz CT molecular complexity index is 1060. The summed E-state index contributed by atoms with van der Waals surface area (Å²) in [5.74, 6) is -0.540. The van der Waals surface area contributed by atoms with Crippen molar-refractivity contribution in [3.05, 3.63) is 64.7 Å². The monoisotopic (exact) mass is 479 g/mol. The molecule has 9 heteroatoms. The van der Waals surface area contributed by atoms with Crippen LogP contribution in [0.1, 0.15) is 30.9 Å². The lowest BCUT2D eigenvalue weighted by Gasteiger charge is -2.29. The fraction of sp³-hybridized carbons (Fsp3) is 0.391. The number of hydrogen-bond donors (Lipinski definition) is 1. The third-order valence-electron chi connectivity index (χ3n) is 5.15. The first kappa shape index (κ1) is 25.7. The third-order valence-corrected chi connectivity index (χ3v) is 6.72. The Morgan fingerprint density at radius 2 is 1.81 bits per heavy atom. The highest BCUT2D eigenvalue weighted by Crippen LogP contribution is 2.21. The van der Waals surface area contributed by atoms with Gasteiger partial charge in [-0.15, -0.1) is 0 Å². The van der Waals surface area contributed by atoms with E-state index in [0.29, 0.717) is 17.1 Å². The Morgan fingerprint density at radius 1 is 1.12 bits per heavy atom. The average Bonchev–Trinajstić information content (AvgIpc) is 2.74. The quantitative estimate of drug-likeness (QED) is 0.566. The Morgan fingerprint density at radius 3 is 2.41 bits per heavy atom. The summed E-state index contributed by atoms with van der Waals surface area (Å²) in [6.07, 6.45) is 1.54. The van der Waals surface area contributed by atoms with Crippen LogP contribution in [0.25, 0.3) is 0 Å². The van der Waals surface area contributed by atoms with Crippen LogP contribution in [0.4, 0.5) is 5.69 Å². The molecule has 0 aliphatic carbocycles. The van der Waals surface area contributed by atoms with Crippen molar-refractivity contribution in [2.45, 2.75) is 39.3 Å². The van der Waals surface area contributed by atoms with Crippen LogP contribution in [-0.2, 0) is 26.2 Å². The van der Waals surface area contributed by atoms with Gasteiger partial charge in [0.1, 0.15) is 6.04 Å². The third kappa shape index (κ3) is 6.97. The lowest BCUT2D eigenvalue weighted by atomic mass is 10.1. The van der Waals surface area contributed by atoms with Crippen LogP contribution in [-0.4, -0.2) is 51.0 Å². The number of rotatable bonds is 10. The SMILES string of the molecule is CNC(=O)C(C)N(Cc1ccccc1Cl)C(=O)CCCN(c1cccc(C)c1)S(C)(=O)=O. The molecule has 2 amide bonds. The maximum Gasteiger partial charge on any atom is 0.242 e. The van der Waals surface area contributed by atoms with Gasteiger partial charge in [-0.3, -0.25) is 13.9 Å². The Balaban J connectivity index is 2.15. The lowest BCUT2D eigenvalue weighted by molar-refractivity contribution is -0.140. The molecule has 32 heavy (non-hydrogen) atoms. The number of halogens is 1. The molecule has 0 spiro atoms. The molecule has 1 N–H and O–H groups in total. The van der Waals surface area contributed by atoms with Crippen molar-refractivity contribution < 1.29 is 18.0 Å². The zero-order valence-corrected chi connectivity index (χ0v) is 20.4. The predicted molar refractivity (Wildman–Crippen MR) is 128 cm³/mol. The number of amides is 2. The van der Waals surface area contributed by atoms with Crippen molar-refractivity contribution in [2.75, 3.05) is 24.2 Å². The smallest absolute Gasteiger partial charge is 0.242 e. The number of anilines is 1. The second kappa shape index (κ2) is 11.3. The van der Waals surface area contributed by atoms with E-state index in [1.54, 1.807) is 37.3 Å². The fourth-order valence-electron chi connectivity index (χ4n) is 3.39. The van der Waals surface area contributed by atoms with Crippen LogP contribution in [0.15, 0.2) is 48.5 Å². The molecule has 1 unspecified atom stereocenters. The van der Waals surface area contributed by atoms with Crippen LogP contribution in [0.5, 0.6) is 0 Å². The van der Waals surface area contributed by atoms with Crippen LogP contribution in [0, 0.1) is 6.92 Å². The van der Waals surface area contributed by atoms with Crippen LogP contribution >= 0.6 is 11.6 Å². The normalized spacial score (nSPS) is 12.2. The van der Waals surface area contributed by atoms with Crippen molar-refractivity contribution in [2.24, 2.45) is 0 Å². The summed E-state index contributed by atoms with van der Waals surface area (Å²) in [7, 11) is -2.00. The van der Waals surface area contributed by atoms with Gasteiger partial charge in [-0.2, -0.15) is 0 Å². The van der Waals surface area contributed by atoms with Crippen molar-refractivity contribution in [3.63, 3.8) is 0 Å². The van der Waals surface area contributed by atoms with Gasteiger partial charge in [-0.05, 0) is 49.6 Å². The van der Waals surface area contributed by atoms with Crippen molar-refractivity contribution in [1.82, 2.24) is 10.2 Å². The number of aryl methyl sites for hydroxylation is 1. The summed E-state index contributed by atoms with van der Waals surface area (Å²) in [6, 6.07) is 13.7. The van der Waals surface area contributed by atoms with Gasteiger partial charge in [0.05, 0.1) is 11.9 Å². The number of benzene rings is 2. The first-order valence-electron chi connectivity index (χ1n) is 10.3. The molecule has 0 saturated carbocycles. The number of carbonyl (C=O) groups excluding carboxylic acids is 2. The van der Waals surface area contributed by atoms with E-state index in [9.17, 15) is 18.0 Å². The Hall–Kier alpha value is -2.58. The zero-order chi connectivity index (χ0) is 23.9. The molecule has 0 heterocycles. The molecular weight excluding hydrogens is 450 g/mol. The van der Waals surface area contributed by atoms with E-state index >= 15 is 0 Å². The standard InChI is InChI=1S/C23H30ClN3O4S/c1-17-9-7-11-20(15-17)27(32(4,30)31)14-8-13-22(28)26(18(2)23(29)25-3)16-19-10-5-6-12-21(19)24/h5-7,9-12,15,18H,8,13-14,16H2,1-4H3,(H,25,29). The molecule has 0 radical (unpaired) electrons. The van der Waals surface area contributed by atoms with Gasteiger partial charge in [-0.25, -0.2) is 8.42 Å². The molecule has 2 aromatic carbocycles. The highest BCUT2D eigenvalue weighted by Gasteiger charge is 2.26. The van der Waals surface area contributed by atoms with Crippen LogP contribution < -0.4 is 9.62 Å². The molecule has 2 rings (SSSR count). The molecule has 0 bridgehead atoms. The molecule has 0 saturated heterocycles. The van der Waals surface area contributed by atoms with E-state index in [1.165, 1.54) is 16.3 Å². The van der Waals surface area contributed by atoms with Crippen LogP contribution in [0.3, 0.4) is 0 Å². The minimum absolute atomic E-state index is 0.0869. The van der Waals surface area contributed by atoms with E-state index < -0.39 is 16.1 Å². The first-order chi connectivity index (χ1) is 15.0. The summed E-state index contributed by atoms with van der Waals surface area (Å²) in [6.45, 7) is 3.88. The number of hydrogen-bond acceptors (Lipinski definition) is 4.